The lowest BCUT2D eigenvalue weighted by molar-refractivity contribution is -0.385. The molecule has 0 fully saturated rings. The molecule has 1 atom stereocenters. The summed E-state index contributed by atoms with van der Waals surface area (Å²) in [6.07, 6.45) is 2.36. The molecule has 112 valence electrons. The Morgan fingerprint density at radius 1 is 1.45 bits per heavy atom. The van der Waals surface area contributed by atoms with Crippen molar-refractivity contribution in [3.8, 4) is 5.75 Å². The molecule has 0 spiro atoms. The van der Waals surface area contributed by atoms with E-state index in [0.29, 0.717) is 12.0 Å². The number of nitro groups is 1. The molecule has 0 saturated carbocycles. The third-order valence-electron chi connectivity index (χ3n) is 3.15. The molecule has 1 N–H and O–H groups in total. The molecule has 0 bridgehead atoms. The first-order chi connectivity index (χ1) is 9.53. The van der Waals surface area contributed by atoms with Crippen LogP contribution in [0, 0.1) is 15.9 Å². The van der Waals surface area contributed by atoms with Crippen LogP contribution in [0.1, 0.15) is 32.3 Å². The fraction of sp³-hybridized carbons (Fsp3) is 0.571. The number of likely N-dealkylation sites (N-methyl/N-ethyl adjacent to an activating group) is 1. The van der Waals surface area contributed by atoms with Crippen molar-refractivity contribution in [2.45, 2.75) is 39.2 Å². The van der Waals surface area contributed by atoms with E-state index in [4.69, 9.17) is 4.74 Å². The highest BCUT2D eigenvalue weighted by atomic mass is 19.1. The molecule has 0 saturated heterocycles. The highest BCUT2D eigenvalue weighted by Gasteiger charge is 2.21. The molecule has 0 aliphatic heterocycles. The Labute approximate surface area is 118 Å². The fourth-order valence-corrected chi connectivity index (χ4v) is 2.25. The van der Waals surface area contributed by atoms with Crippen LogP contribution in [0.25, 0.3) is 0 Å². The summed E-state index contributed by atoms with van der Waals surface area (Å²) in [6.45, 7) is 4.84. The second kappa shape index (κ2) is 7.79. The summed E-state index contributed by atoms with van der Waals surface area (Å²) in [5, 5.41) is 14.3. The second-order valence-electron chi connectivity index (χ2n) is 4.62. The SMILES string of the molecule is CCCC(Cc1cc(OC)c(F)cc1[N+](=O)[O-])NCC. The van der Waals surface area contributed by atoms with Crippen LogP contribution in [-0.2, 0) is 6.42 Å². The summed E-state index contributed by atoms with van der Waals surface area (Å²) in [5.41, 5.74) is 0.301. The van der Waals surface area contributed by atoms with Crippen LogP contribution in [0.3, 0.4) is 0 Å². The number of halogens is 1. The van der Waals surface area contributed by atoms with Gasteiger partial charge in [-0.15, -0.1) is 0 Å². The molecule has 0 aliphatic carbocycles. The third-order valence-corrected chi connectivity index (χ3v) is 3.15. The Kier molecular flexibility index (Phi) is 6.38. The number of benzene rings is 1. The van der Waals surface area contributed by atoms with Crippen LogP contribution in [0.4, 0.5) is 10.1 Å². The molecule has 20 heavy (non-hydrogen) atoms. The second-order valence-corrected chi connectivity index (χ2v) is 4.62. The van der Waals surface area contributed by atoms with Crippen molar-refractivity contribution in [3.63, 3.8) is 0 Å². The number of hydrogen-bond acceptors (Lipinski definition) is 4. The van der Waals surface area contributed by atoms with Crippen LogP contribution in [0.2, 0.25) is 0 Å². The summed E-state index contributed by atoms with van der Waals surface area (Å²) >= 11 is 0. The van der Waals surface area contributed by atoms with E-state index in [1.807, 2.05) is 6.92 Å². The van der Waals surface area contributed by atoms with E-state index in [9.17, 15) is 14.5 Å². The summed E-state index contributed by atoms with van der Waals surface area (Å²) in [7, 11) is 1.35. The summed E-state index contributed by atoms with van der Waals surface area (Å²) in [5.74, 6) is -0.671. The van der Waals surface area contributed by atoms with Gasteiger partial charge in [0.15, 0.2) is 11.6 Å². The molecule has 1 aromatic carbocycles. The highest BCUT2D eigenvalue weighted by Crippen LogP contribution is 2.28. The number of ether oxygens (including phenoxy) is 1. The first-order valence-electron chi connectivity index (χ1n) is 6.77. The summed E-state index contributed by atoms with van der Waals surface area (Å²) in [4.78, 5) is 10.5. The van der Waals surface area contributed by atoms with Crippen molar-refractivity contribution >= 4 is 5.69 Å². The first kappa shape index (κ1) is 16.4. The summed E-state index contributed by atoms with van der Waals surface area (Å²) in [6, 6.07) is 2.50. The predicted molar refractivity (Wildman–Crippen MR) is 75.7 cm³/mol. The molecule has 1 rings (SSSR count). The minimum Gasteiger partial charge on any atom is -0.494 e. The molecule has 0 heterocycles. The van der Waals surface area contributed by atoms with Crippen molar-refractivity contribution in [2.24, 2.45) is 0 Å². The summed E-state index contributed by atoms with van der Waals surface area (Å²) < 4.78 is 18.5. The van der Waals surface area contributed by atoms with Gasteiger partial charge in [-0.2, -0.15) is 0 Å². The van der Waals surface area contributed by atoms with Gasteiger partial charge in [-0.3, -0.25) is 10.1 Å². The maximum absolute atomic E-state index is 13.6. The van der Waals surface area contributed by atoms with Crippen LogP contribution < -0.4 is 10.1 Å². The standard InChI is InChI=1S/C14H21FN2O3/c1-4-6-11(16-5-2)7-10-8-14(20-3)12(15)9-13(10)17(18)19/h8-9,11,16H,4-7H2,1-3H3. The van der Waals surface area contributed by atoms with Crippen molar-refractivity contribution in [2.75, 3.05) is 13.7 Å². The van der Waals surface area contributed by atoms with Gasteiger partial charge < -0.3 is 10.1 Å². The topological polar surface area (TPSA) is 64.4 Å². The number of nitrogens with one attached hydrogen (secondary N) is 1. The number of hydrogen-bond donors (Lipinski definition) is 1. The normalized spacial score (nSPS) is 12.2. The third kappa shape index (κ3) is 4.16. The zero-order chi connectivity index (χ0) is 15.1. The average Bonchev–Trinajstić information content (AvgIpc) is 2.40. The highest BCUT2D eigenvalue weighted by molar-refractivity contribution is 5.46. The van der Waals surface area contributed by atoms with Gasteiger partial charge in [-0.05, 0) is 25.5 Å². The van der Waals surface area contributed by atoms with Crippen molar-refractivity contribution in [3.05, 3.63) is 33.6 Å². The van der Waals surface area contributed by atoms with E-state index >= 15 is 0 Å². The van der Waals surface area contributed by atoms with E-state index in [1.165, 1.54) is 13.2 Å². The van der Waals surface area contributed by atoms with Crippen molar-refractivity contribution < 1.29 is 14.1 Å². The van der Waals surface area contributed by atoms with Gasteiger partial charge in [0, 0.05) is 11.6 Å². The van der Waals surface area contributed by atoms with E-state index < -0.39 is 10.7 Å². The Hall–Kier alpha value is -1.69. The number of methoxy groups -OCH3 is 1. The lowest BCUT2D eigenvalue weighted by atomic mass is 10.00. The molecular weight excluding hydrogens is 263 g/mol. The maximum Gasteiger partial charge on any atom is 0.275 e. The van der Waals surface area contributed by atoms with Crippen LogP contribution in [0.15, 0.2) is 12.1 Å². The zero-order valence-electron chi connectivity index (χ0n) is 12.1. The monoisotopic (exact) mass is 284 g/mol. The van der Waals surface area contributed by atoms with Gasteiger partial charge in [0.05, 0.1) is 18.1 Å². The van der Waals surface area contributed by atoms with Gasteiger partial charge >= 0.3 is 0 Å². The molecule has 0 radical (unpaired) electrons. The van der Waals surface area contributed by atoms with E-state index in [-0.39, 0.29) is 17.5 Å². The number of nitro benzene ring substituents is 1. The Balaban J connectivity index is 3.09. The molecule has 1 aromatic rings. The van der Waals surface area contributed by atoms with E-state index in [2.05, 4.69) is 12.2 Å². The van der Waals surface area contributed by atoms with Gasteiger partial charge in [0.2, 0.25) is 0 Å². The maximum atomic E-state index is 13.6. The number of rotatable bonds is 8. The molecule has 0 amide bonds. The minimum absolute atomic E-state index is 0.0392. The predicted octanol–water partition coefficient (Wildman–Crippen LogP) is 3.06. The largest absolute Gasteiger partial charge is 0.494 e. The molecule has 1 unspecified atom stereocenters. The lowest BCUT2D eigenvalue weighted by Gasteiger charge is -2.17. The van der Waals surface area contributed by atoms with Crippen LogP contribution in [0.5, 0.6) is 5.75 Å². The Morgan fingerprint density at radius 2 is 2.15 bits per heavy atom. The smallest absolute Gasteiger partial charge is 0.275 e. The fourth-order valence-electron chi connectivity index (χ4n) is 2.25. The van der Waals surface area contributed by atoms with E-state index in [1.54, 1.807) is 0 Å². The van der Waals surface area contributed by atoms with Gasteiger partial charge in [0.25, 0.3) is 5.69 Å². The average molecular weight is 284 g/mol. The van der Waals surface area contributed by atoms with E-state index in [0.717, 1.165) is 25.5 Å². The number of nitrogens with zero attached hydrogens (tertiary/aromatic N) is 1. The minimum atomic E-state index is -0.710. The quantitative estimate of drug-likeness (QED) is 0.588. The molecule has 5 nitrogen and oxygen atoms in total. The molecule has 6 heteroatoms. The van der Waals surface area contributed by atoms with Crippen molar-refractivity contribution in [1.29, 1.82) is 0 Å². The van der Waals surface area contributed by atoms with Crippen LogP contribution >= 0.6 is 0 Å². The van der Waals surface area contributed by atoms with Crippen LogP contribution in [-0.4, -0.2) is 24.6 Å². The molecule has 0 aliphatic rings. The Morgan fingerprint density at radius 3 is 2.65 bits per heavy atom. The molecular formula is C14H21FN2O3. The van der Waals surface area contributed by atoms with Gasteiger partial charge in [0.1, 0.15) is 0 Å². The van der Waals surface area contributed by atoms with Gasteiger partial charge in [-0.1, -0.05) is 20.3 Å². The van der Waals surface area contributed by atoms with Gasteiger partial charge in [-0.25, -0.2) is 4.39 Å². The molecule has 0 aromatic heterocycles. The Bertz CT molecular complexity index is 460. The zero-order valence-corrected chi connectivity index (χ0v) is 12.1. The lowest BCUT2D eigenvalue weighted by Crippen LogP contribution is -2.31. The first-order valence-corrected chi connectivity index (χ1v) is 6.77. The van der Waals surface area contributed by atoms with Crippen molar-refractivity contribution in [1.82, 2.24) is 5.32 Å².